The Morgan fingerprint density at radius 3 is 2.52 bits per heavy atom. The molecular weight excluding hydrogens is 433 g/mol. The number of halogens is 1. The van der Waals surface area contributed by atoms with E-state index in [0.717, 1.165) is 50.8 Å². The van der Waals surface area contributed by atoms with Crippen LogP contribution in [0.5, 0.6) is 5.75 Å². The number of hydrogen-bond acceptors (Lipinski definition) is 4. The van der Waals surface area contributed by atoms with E-state index in [0.29, 0.717) is 19.8 Å². The summed E-state index contributed by atoms with van der Waals surface area (Å²) in [6.45, 7) is 7.14. The molecular formula is C18H32IN3O3. The van der Waals surface area contributed by atoms with Gasteiger partial charge in [0.1, 0.15) is 5.75 Å². The summed E-state index contributed by atoms with van der Waals surface area (Å²) in [6.07, 6.45) is 1.82. The molecule has 0 amide bonds. The predicted molar refractivity (Wildman–Crippen MR) is 113 cm³/mol. The van der Waals surface area contributed by atoms with Gasteiger partial charge >= 0.3 is 0 Å². The molecule has 25 heavy (non-hydrogen) atoms. The molecule has 6 nitrogen and oxygen atoms in total. The van der Waals surface area contributed by atoms with Crippen molar-refractivity contribution in [3.8, 4) is 5.75 Å². The fraction of sp³-hybridized carbons (Fsp3) is 0.611. The van der Waals surface area contributed by atoms with Gasteiger partial charge in [0, 0.05) is 39.8 Å². The number of rotatable bonds is 13. The van der Waals surface area contributed by atoms with Crippen molar-refractivity contribution in [1.29, 1.82) is 0 Å². The molecule has 1 aromatic rings. The normalized spacial score (nSPS) is 10.9. The van der Waals surface area contributed by atoms with E-state index >= 15 is 0 Å². The molecule has 0 aromatic heterocycles. The largest absolute Gasteiger partial charge is 0.494 e. The van der Waals surface area contributed by atoms with Crippen LogP contribution in [0.15, 0.2) is 35.3 Å². The Kier molecular flexibility index (Phi) is 17.0. The van der Waals surface area contributed by atoms with Crippen molar-refractivity contribution < 1.29 is 14.2 Å². The topological polar surface area (TPSA) is 64.1 Å². The van der Waals surface area contributed by atoms with Crippen molar-refractivity contribution in [3.63, 3.8) is 0 Å². The van der Waals surface area contributed by atoms with Gasteiger partial charge in [-0.3, -0.25) is 4.99 Å². The lowest BCUT2D eigenvalue weighted by molar-refractivity contribution is 0.0698. The molecule has 0 heterocycles. The van der Waals surface area contributed by atoms with Gasteiger partial charge in [-0.1, -0.05) is 18.2 Å². The van der Waals surface area contributed by atoms with Crippen LogP contribution in [-0.4, -0.2) is 59.1 Å². The molecule has 0 aliphatic rings. The third kappa shape index (κ3) is 13.9. The van der Waals surface area contributed by atoms with E-state index in [1.165, 1.54) is 0 Å². The highest BCUT2D eigenvalue weighted by Gasteiger charge is 1.97. The minimum atomic E-state index is 0. The van der Waals surface area contributed by atoms with Crippen LogP contribution in [0, 0.1) is 0 Å². The molecule has 144 valence electrons. The Labute approximate surface area is 168 Å². The monoisotopic (exact) mass is 465 g/mol. The first-order valence-electron chi connectivity index (χ1n) is 8.63. The highest BCUT2D eigenvalue weighted by Crippen LogP contribution is 2.08. The Bertz CT molecular complexity index is 433. The Hall–Kier alpha value is -1.06. The van der Waals surface area contributed by atoms with Crippen molar-refractivity contribution in [3.05, 3.63) is 30.3 Å². The lowest BCUT2D eigenvalue weighted by atomic mass is 10.3. The maximum atomic E-state index is 5.66. The van der Waals surface area contributed by atoms with Crippen LogP contribution >= 0.6 is 24.0 Å². The van der Waals surface area contributed by atoms with Crippen molar-refractivity contribution in [2.45, 2.75) is 19.8 Å². The maximum Gasteiger partial charge on any atom is 0.191 e. The lowest BCUT2D eigenvalue weighted by Crippen LogP contribution is -2.38. The van der Waals surface area contributed by atoms with E-state index < -0.39 is 0 Å². The quantitative estimate of drug-likeness (QED) is 0.203. The standard InChI is InChI=1S/C18H31N3O3.HI/c1-3-19-18(20-11-7-13-23-16-15-22-2)21-12-8-14-24-17-9-5-4-6-10-17;/h4-6,9-10H,3,7-8,11-16H2,1-2H3,(H2,19,20,21);1H. The maximum absolute atomic E-state index is 5.66. The van der Waals surface area contributed by atoms with Gasteiger partial charge in [-0.2, -0.15) is 0 Å². The third-order valence-electron chi connectivity index (χ3n) is 3.12. The van der Waals surface area contributed by atoms with E-state index in [1.807, 2.05) is 30.3 Å². The summed E-state index contributed by atoms with van der Waals surface area (Å²) in [5.41, 5.74) is 0. The van der Waals surface area contributed by atoms with Gasteiger partial charge in [0.25, 0.3) is 0 Å². The Morgan fingerprint density at radius 2 is 1.80 bits per heavy atom. The number of hydrogen-bond donors (Lipinski definition) is 2. The van der Waals surface area contributed by atoms with Gasteiger partial charge in [0.05, 0.1) is 19.8 Å². The SMILES string of the molecule is CCNC(=NCCCOc1ccccc1)NCCCOCCOC.I. The average molecular weight is 465 g/mol. The van der Waals surface area contributed by atoms with Gasteiger partial charge < -0.3 is 24.8 Å². The van der Waals surface area contributed by atoms with E-state index in [-0.39, 0.29) is 24.0 Å². The average Bonchev–Trinajstić information content (AvgIpc) is 2.61. The molecule has 1 aromatic carbocycles. The van der Waals surface area contributed by atoms with Crippen molar-refractivity contribution in [2.24, 2.45) is 4.99 Å². The van der Waals surface area contributed by atoms with Gasteiger partial charge in [-0.05, 0) is 25.5 Å². The van der Waals surface area contributed by atoms with Gasteiger partial charge in [0.15, 0.2) is 5.96 Å². The van der Waals surface area contributed by atoms with E-state index in [2.05, 4.69) is 22.5 Å². The van der Waals surface area contributed by atoms with Gasteiger partial charge in [0.2, 0.25) is 0 Å². The molecule has 0 saturated carbocycles. The van der Waals surface area contributed by atoms with Gasteiger partial charge in [-0.15, -0.1) is 24.0 Å². The van der Waals surface area contributed by atoms with Crippen LogP contribution in [0.2, 0.25) is 0 Å². The molecule has 0 fully saturated rings. The summed E-state index contributed by atoms with van der Waals surface area (Å²) in [6, 6.07) is 9.85. The van der Waals surface area contributed by atoms with E-state index in [9.17, 15) is 0 Å². The number of para-hydroxylation sites is 1. The summed E-state index contributed by atoms with van der Waals surface area (Å²) >= 11 is 0. The molecule has 0 aliphatic heterocycles. The smallest absolute Gasteiger partial charge is 0.191 e. The molecule has 0 atom stereocenters. The molecule has 0 aliphatic carbocycles. The number of nitrogens with one attached hydrogen (secondary N) is 2. The fourth-order valence-electron chi connectivity index (χ4n) is 1.93. The molecule has 0 bridgehead atoms. The number of nitrogens with zero attached hydrogens (tertiary/aromatic N) is 1. The number of ether oxygens (including phenoxy) is 3. The minimum Gasteiger partial charge on any atom is -0.494 e. The molecule has 0 spiro atoms. The Balaban J connectivity index is 0.00000576. The van der Waals surface area contributed by atoms with Crippen molar-refractivity contribution in [1.82, 2.24) is 10.6 Å². The molecule has 0 radical (unpaired) electrons. The highest BCUT2D eigenvalue weighted by atomic mass is 127. The fourth-order valence-corrected chi connectivity index (χ4v) is 1.93. The zero-order valence-electron chi connectivity index (χ0n) is 15.3. The highest BCUT2D eigenvalue weighted by molar-refractivity contribution is 14.0. The first-order chi connectivity index (χ1) is 11.9. The summed E-state index contributed by atoms with van der Waals surface area (Å²) < 4.78 is 16.0. The number of methoxy groups -OCH3 is 1. The van der Waals surface area contributed by atoms with Crippen LogP contribution in [0.3, 0.4) is 0 Å². The molecule has 2 N–H and O–H groups in total. The molecule has 1 rings (SSSR count). The second-order valence-corrected chi connectivity index (χ2v) is 5.16. The van der Waals surface area contributed by atoms with Gasteiger partial charge in [-0.25, -0.2) is 0 Å². The number of guanidine groups is 1. The summed E-state index contributed by atoms with van der Waals surface area (Å²) in [4.78, 5) is 4.55. The third-order valence-corrected chi connectivity index (χ3v) is 3.12. The predicted octanol–water partition coefficient (Wildman–Crippen LogP) is 2.68. The first kappa shape index (κ1) is 23.9. The van der Waals surface area contributed by atoms with Crippen molar-refractivity contribution >= 4 is 29.9 Å². The molecule has 0 unspecified atom stereocenters. The zero-order chi connectivity index (χ0) is 17.3. The van der Waals surface area contributed by atoms with Crippen molar-refractivity contribution in [2.75, 3.05) is 53.2 Å². The Morgan fingerprint density at radius 1 is 1.00 bits per heavy atom. The minimum absolute atomic E-state index is 0. The zero-order valence-corrected chi connectivity index (χ0v) is 17.7. The van der Waals surface area contributed by atoms with E-state index in [1.54, 1.807) is 7.11 Å². The first-order valence-corrected chi connectivity index (χ1v) is 8.63. The van der Waals surface area contributed by atoms with E-state index in [4.69, 9.17) is 14.2 Å². The molecule has 7 heteroatoms. The van der Waals surface area contributed by atoms with Crippen LogP contribution in [0.4, 0.5) is 0 Å². The number of aliphatic imine (C=N–C) groups is 1. The molecule has 0 saturated heterocycles. The lowest BCUT2D eigenvalue weighted by Gasteiger charge is -2.11. The summed E-state index contributed by atoms with van der Waals surface area (Å²) in [7, 11) is 1.68. The second kappa shape index (κ2) is 17.8. The van der Waals surface area contributed by atoms with Crippen LogP contribution in [-0.2, 0) is 9.47 Å². The van der Waals surface area contributed by atoms with Crippen LogP contribution < -0.4 is 15.4 Å². The summed E-state index contributed by atoms with van der Waals surface area (Å²) in [5.74, 6) is 1.74. The van der Waals surface area contributed by atoms with Crippen LogP contribution in [0.1, 0.15) is 19.8 Å². The number of benzene rings is 1. The second-order valence-electron chi connectivity index (χ2n) is 5.16. The summed E-state index contributed by atoms with van der Waals surface area (Å²) in [5, 5.41) is 6.55. The van der Waals surface area contributed by atoms with Crippen LogP contribution in [0.25, 0.3) is 0 Å².